The third-order valence-electron chi connectivity index (χ3n) is 3.80. The smallest absolute Gasteiger partial charge is 0.320 e. The highest BCUT2D eigenvalue weighted by atomic mass is 16.6. The van der Waals surface area contributed by atoms with E-state index >= 15 is 0 Å². The summed E-state index contributed by atoms with van der Waals surface area (Å²) in [5.41, 5.74) is 0. The molecular formula is C14H22O4. The molecule has 0 amide bonds. The normalized spacial score (nSPS) is 19.1. The van der Waals surface area contributed by atoms with Crippen molar-refractivity contribution in [3.63, 3.8) is 0 Å². The van der Waals surface area contributed by atoms with E-state index in [4.69, 9.17) is 9.47 Å². The number of hydrogen-bond donors (Lipinski definition) is 0. The van der Waals surface area contributed by atoms with Crippen LogP contribution in [0.3, 0.4) is 0 Å². The Hall–Kier alpha value is -1.06. The topological polar surface area (TPSA) is 52.6 Å². The van der Waals surface area contributed by atoms with Gasteiger partial charge in [0, 0.05) is 0 Å². The number of ether oxygens (including phenoxy) is 2. The first-order valence-electron chi connectivity index (χ1n) is 7.02. The van der Waals surface area contributed by atoms with Crippen LogP contribution in [0, 0.1) is 23.7 Å². The summed E-state index contributed by atoms with van der Waals surface area (Å²) in [6.45, 7) is 4.17. The van der Waals surface area contributed by atoms with Crippen LogP contribution in [0.2, 0.25) is 0 Å². The van der Waals surface area contributed by atoms with Crippen molar-refractivity contribution in [3.05, 3.63) is 0 Å². The molecular weight excluding hydrogens is 232 g/mol. The minimum Gasteiger partial charge on any atom is -0.465 e. The number of hydrogen-bond acceptors (Lipinski definition) is 4. The van der Waals surface area contributed by atoms with Gasteiger partial charge in [-0.3, -0.25) is 9.59 Å². The molecule has 0 aromatic carbocycles. The Kier molecular flexibility index (Phi) is 4.25. The van der Waals surface area contributed by atoms with Gasteiger partial charge in [-0.15, -0.1) is 0 Å². The number of carbonyl (C=O) groups is 2. The summed E-state index contributed by atoms with van der Waals surface area (Å²) in [5, 5.41) is 0. The second-order valence-electron chi connectivity index (χ2n) is 5.23. The van der Waals surface area contributed by atoms with Gasteiger partial charge in [0.25, 0.3) is 0 Å². The molecule has 2 rings (SSSR count). The Balaban J connectivity index is 2.10. The number of rotatable bonds is 7. The van der Waals surface area contributed by atoms with E-state index < -0.39 is 5.92 Å². The predicted molar refractivity (Wildman–Crippen MR) is 65.7 cm³/mol. The molecule has 4 heteroatoms. The highest BCUT2D eigenvalue weighted by Crippen LogP contribution is 2.52. The van der Waals surface area contributed by atoms with Crippen molar-refractivity contribution in [1.29, 1.82) is 0 Å². The van der Waals surface area contributed by atoms with Gasteiger partial charge in [-0.25, -0.2) is 0 Å². The van der Waals surface area contributed by atoms with Gasteiger partial charge in [0.2, 0.25) is 0 Å². The molecule has 0 spiro atoms. The molecule has 0 radical (unpaired) electrons. The maximum absolute atomic E-state index is 12.0. The zero-order chi connectivity index (χ0) is 13.1. The van der Waals surface area contributed by atoms with Crippen LogP contribution in [-0.2, 0) is 19.1 Å². The Bertz CT molecular complexity index is 288. The molecule has 2 aliphatic rings. The van der Waals surface area contributed by atoms with Gasteiger partial charge in [0.15, 0.2) is 5.92 Å². The summed E-state index contributed by atoms with van der Waals surface area (Å²) in [7, 11) is 0. The maximum atomic E-state index is 12.0. The zero-order valence-electron chi connectivity index (χ0n) is 11.2. The van der Waals surface area contributed by atoms with Crippen molar-refractivity contribution in [2.24, 2.45) is 23.7 Å². The van der Waals surface area contributed by atoms with Crippen LogP contribution in [0.25, 0.3) is 0 Å². The highest BCUT2D eigenvalue weighted by Gasteiger charge is 2.51. The molecule has 0 unspecified atom stereocenters. The van der Waals surface area contributed by atoms with Crippen molar-refractivity contribution in [3.8, 4) is 0 Å². The molecule has 0 aromatic rings. The van der Waals surface area contributed by atoms with Crippen molar-refractivity contribution < 1.29 is 19.1 Å². The van der Waals surface area contributed by atoms with Gasteiger partial charge in [-0.05, 0) is 57.3 Å². The largest absolute Gasteiger partial charge is 0.465 e. The lowest BCUT2D eigenvalue weighted by Gasteiger charge is -2.23. The fourth-order valence-electron chi connectivity index (χ4n) is 2.77. The highest BCUT2D eigenvalue weighted by molar-refractivity contribution is 5.95. The molecule has 2 aliphatic carbocycles. The van der Waals surface area contributed by atoms with E-state index in [0.717, 1.165) is 25.7 Å². The van der Waals surface area contributed by atoms with E-state index in [1.165, 1.54) is 0 Å². The van der Waals surface area contributed by atoms with E-state index in [2.05, 4.69) is 0 Å². The fourth-order valence-corrected chi connectivity index (χ4v) is 2.77. The molecule has 0 atom stereocenters. The van der Waals surface area contributed by atoms with Gasteiger partial charge in [-0.1, -0.05) is 0 Å². The third-order valence-corrected chi connectivity index (χ3v) is 3.80. The molecule has 18 heavy (non-hydrogen) atoms. The minimum absolute atomic E-state index is 0.156. The molecule has 0 heterocycles. The van der Waals surface area contributed by atoms with Gasteiger partial charge >= 0.3 is 11.9 Å². The van der Waals surface area contributed by atoms with Gasteiger partial charge in [-0.2, -0.15) is 0 Å². The molecule has 0 N–H and O–H groups in total. The van der Waals surface area contributed by atoms with Crippen molar-refractivity contribution in [1.82, 2.24) is 0 Å². The average molecular weight is 254 g/mol. The van der Waals surface area contributed by atoms with E-state index in [9.17, 15) is 9.59 Å². The monoisotopic (exact) mass is 254 g/mol. The zero-order valence-corrected chi connectivity index (χ0v) is 11.2. The minimum atomic E-state index is -0.690. The number of carbonyl (C=O) groups excluding carboxylic acids is 2. The Morgan fingerprint density at radius 3 is 1.61 bits per heavy atom. The standard InChI is InChI=1S/C14H22O4/c1-3-17-13(15)12(14(16)18-4-2)11(9-5-6-9)10-7-8-10/h9-12H,3-8H2,1-2H3. The van der Waals surface area contributed by atoms with E-state index in [1.54, 1.807) is 13.8 Å². The van der Waals surface area contributed by atoms with Crippen LogP contribution in [-0.4, -0.2) is 25.2 Å². The van der Waals surface area contributed by atoms with Crippen LogP contribution < -0.4 is 0 Å². The van der Waals surface area contributed by atoms with Crippen LogP contribution in [0.5, 0.6) is 0 Å². The van der Waals surface area contributed by atoms with Crippen LogP contribution in [0.1, 0.15) is 39.5 Å². The predicted octanol–water partition coefficient (Wildman–Crippen LogP) is 2.17. The third kappa shape index (κ3) is 3.03. The lowest BCUT2D eigenvalue weighted by molar-refractivity contribution is -0.165. The average Bonchev–Trinajstić information content (AvgIpc) is 3.18. The first-order chi connectivity index (χ1) is 8.69. The van der Waals surface area contributed by atoms with Crippen LogP contribution in [0.15, 0.2) is 0 Å². The lowest BCUT2D eigenvalue weighted by atomic mass is 9.84. The van der Waals surface area contributed by atoms with Gasteiger partial charge in [0.1, 0.15) is 0 Å². The Morgan fingerprint density at radius 1 is 0.944 bits per heavy atom. The molecule has 0 aliphatic heterocycles. The lowest BCUT2D eigenvalue weighted by Crippen LogP contribution is -2.36. The molecule has 102 valence electrons. The van der Waals surface area contributed by atoms with Crippen LogP contribution >= 0.6 is 0 Å². The molecule has 2 saturated carbocycles. The summed E-state index contributed by atoms with van der Waals surface area (Å²) in [5.74, 6) is -0.264. The second-order valence-corrected chi connectivity index (χ2v) is 5.23. The first-order valence-corrected chi connectivity index (χ1v) is 7.02. The summed E-state index contributed by atoms with van der Waals surface area (Å²) in [6.07, 6.45) is 4.54. The van der Waals surface area contributed by atoms with E-state index in [-0.39, 0.29) is 17.9 Å². The molecule has 0 saturated heterocycles. The summed E-state index contributed by atoms with van der Waals surface area (Å²) in [4.78, 5) is 24.1. The fraction of sp³-hybridized carbons (Fsp3) is 0.857. The maximum Gasteiger partial charge on any atom is 0.320 e. The van der Waals surface area contributed by atoms with E-state index in [1.807, 2.05) is 0 Å². The summed E-state index contributed by atoms with van der Waals surface area (Å²) >= 11 is 0. The van der Waals surface area contributed by atoms with Crippen molar-refractivity contribution >= 4 is 11.9 Å². The van der Waals surface area contributed by atoms with Gasteiger partial charge < -0.3 is 9.47 Å². The second kappa shape index (κ2) is 5.72. The van der Waals surface area contributed by atoms with Crippen LogP contribution in [0.4, 0.5) is 0 Å². The van der Waals surface area contributed by atoms with Crippen molar-refractivity contribution in [2.45, 2.75) is 39.5 Å². The molecule has 2 fully saturated rings. The van der Waals surface area contributed by atoms with Gasteiger partial charge in [0.05, 0.1) is 13.2 Å². The molecule has 0 bridgehead atoms. The van der Waals surface area contributed by atoms with E-state index in [0.29, 0.717) is 25.0 Å². The first kappa shape index (κ1) is 13.4. The Labute approximate surface area is 108 Å². The quantitative estimate of drug-likeness (QED) is 0.516. The molecule has 0 aromatic heterocycles. The van der Waals surface area contributed by atoms with Crippen molar-refractivity contribution in [2.75, 3.05) is 13.2 Å². The summed E-state index contributed by atoms with van der Waals surface area (Å²) < 4.78 is 10.1. The Morgan fingerprint density at radius 2 is 1.33 bits per heavy atom. The molecule has 4 nitrogen and oxygen atoms in total. The summed E-state index contributed by atoms with van der Waals surface area (Å²) in [6, 6.07) is 0. The number of esters is 2. The SMILES string of the molecule is CCOC(=O)C(C(=O)OCC)C(C1CC1)C1CC1.